The van der Waals surface area contributed by atoms with Gasteiger partial charge < -0.3 is 30.2 Å². The van der Waals surface area contributed by atoms with Gasteiger partial charge in [0.15, 0.2) is 5.82 Å². The summed E-state index contributed by atoms with van der Waals surface area (Å²) in [4.78, 5) is 0. The maximum atomic E-state index is 6.66. The third-order valence-corrected chi connectivity index (χ3v) is 9.03. The Morgan fingerprint density at radius 2 is 1.44 bits per heavy atom. The van der Waals surface area contributed by atoms with Crippen LogP contribution in [0, 0.1) is 6.92 Å². The quantitative estimate of drug-likeness (QED) is 0.0915. The zero-order valence-corrected chi connectivity index (χ0v) is 28.0. The van der Waals surface area contributed by atoms with Crippen molar-refractivity contribution in [2.24, 2.45) is 0 Å². The largest absolute Gasteiger partial charge is 0.487 e. The third-order valence-electron chi connectivity index (χ3n) is 7.52. The molecule has 0 bridgehead atoms. The molecule has 45 heavy (non-hydrogen) atoms. The fraction of sp³-hybridized carbons (Fsp3) is 0.286. The summed E-state index contributed by atoms with van der Waals surface area (Å²) >= 11 is 14.7. The molecule has 236 valence electrons. The number of nitrogens with one attached hydrogen (secondary N) is 3. The van der Waals surface area contributed by atoms with E-state index >= 15 is 0 Å². The third kappa shape index (κ3) is 8.54. The number of hydrogen-bond acceptors (Lipinski definition) is 8. The van der Waals surface area contributed by atoms with Crippen LogP contribution in [0.5, 0.6) is 5.75 Å². The smallest absolute Gasteiger partial charge is 0.152 e. The second kappa shape index (κ2) is 16.4. The molecule has 0 saturated heterocycles. The highest BCUT2D eigenvalue weighted by atomic mass is 35.5. The molecule has 4 aromatic carbocycles. The molecule has 0 aliphatic carbocycles. The van der Waals surface area contributed by atoms with Gasteiger partial charge in [-0.1, -0.05) is 65.7 Å². The van der Waals surface area contributed by atoms with Gasteiger partial charge in [-0.05, 0) is 76.6 Å². The van der Waals surface area contributed by atoms with Crippen LogP contribution in [0.3, 0.4) is 0 Å². The molecular formula is C35H38Cl2N4O3S. The number of fused-ring (bicyclic) bond motifs is 1. The first-order valence-corrected chi connectivity index (χ1v) is 16.3. The molecule has 0 fully saturated rings. The molecule has 7 nitrogen and oxygen atoms in total. The number of aromatic nitrogens is 1. The number of hydrogen-bond donors (Lipinski definition) is 3. The molecule has 1 heterocycles. The predicted octanol–water partition coefficient (Wildman–Crippen LogP) is 8.37. The van der Waals surface area contributed by atoms with E-state index in [0.717, 1.165) is 81.2 Å². The lowest BCUT2D eigenvalue weighted by Gasteiger charge is -2.15. The van der Waals surface area contributed by atoms with Gasteiger partial charge in [-0.2, -0.15) is 4.37 Å². The van der Waals surface area contributed by atoms with Crippen LogP contribution in [0.1, 0.15) is 22.3 Å². The standard InChI is InChI=1S/C35H38Cl2N4O3S/c1-23-26(22-44-33-13-11-25(19-31(33)37)21-39-15-17-43-3)6-4-7-27(23)28-8-5-9-29-34(28)45-41-35(29)40-32-12-10-24(18-30(32)36)20-38-14-16-42-2/h4-13,18-19,38-39H,14-17,20-22H2,1-3H3,(H,40,41). The molecule has 5 rings (SSSR count). The predicted molar refractivity (Wildman–Crippen MR) is 187 cm³/mol. The molecular weight excluding hydrogens is 627 g/mol. The maximum Gasteiger partial charge on any atom is 0.152 e. The second-order valence-electron chi connectivity index (χ2n) is 10.6. The van der Waals surface area contributed by atoms with Gasteiger partial charge in [0.25, 0.3) is 0 Å². The van der Waals surface area contributed by atoms with Crippen LogP contribution in [-0.4, -0.2) is 44.9 Å². The van der Waals surface area contributed by atoms with Crippen LogP contribution in [-0.2, 0) is 29.2 Å². The van der Waals surface area contributed by atoms with Crippen molar-refractivity contribution in [1.29, 1.82) is 0 Å². The lowest BCUT2D eigenvalue weighted by molar-refractivity contribution is 0.199. The Balaban J connectivity index is 1.29. The van der Waals surface area contributed by atoms with Crippen molar-refractivity contribution >= 4 is 56.3 Å². The highest BCUT2D eigenvalue weighted by Gasteiger charge is 2.16. The minimum absolute atomic E-state index is 0.409. The normalized spacial score (nSPS) is 11.3. The fourth-order valence-corrected chi connectivity index (χ4v) is 6.41. The van der Waals surface area contributed by atoms with Crippen molar-refractivity contribution in [3.63, 3.8) is 0 Å². The Morgan fingerprint density at radius 1 is 0.778 bits per heavy atom. The van der Waals surface area contributed by atoms with Crippen LogP contribution in [0.15, 0.2) is 72.8 Å². The van der Waals surface area contributed by atoms with E-state index in [1.165, 1.54) is 11.5 Å². The Morgan fingerprint density at radius 3 is 2.13 bits per heavy atom. The summed E-state index contributed by atoms with van der Waals surface area (Å²) < 4.78 is 22.3. The molecule has 0 amide bonds. The summed E-state index contributed by atoms with van der Waals surface area (Å²) in [5.41, 5.74) is 7.54. The summed E-state index contributed by atoms with van der Waals surface area (Å²) in [6.07, 6.45) is 0. The molecule has 0 unspecified atom stereocenters. The van der Waals surface area contributed by atoms with Gasteiger partial charge in [0.2, 0.25) is 0 Å². The average molecular weight is 666 g/mol. The van der Waals surface area contributed by atoms with Crippen molar-refractivity contribution in [3.8, 4) is 16.9 Å². The number of ether oxygens (including phenoxy) is 3. The zero-order valence-electron chi connectivity index (χ0n) is 25.7. The van der Waals surface area contributed by atoms with Crippen molar-refractivity contribution in [2.45, 2.75) is 26.6 Å². The molecule has 0 radical (unpaired) electrons. The minimum Gasteiger partial charge on any atom is -0.487 e. The molecule has 5 aromatic rings. The molecule has 0 spiro atoms. The maximum absolute atomic E-state index is 6.66. The molecule has 1 aromatic heterocycles. The number of nitrogens with zero attached hydrogens (tertiary/aromatic N) is 1. The average Bonchev–Trinajstić information content (AvgIpc) is 3.46. The van der Waals surface area contributed by atoms with E-state index in [0.29, 0.717) is 35.6 Å². The van der Waals surface area contributed by atoms with Crippen LogP contribution in [0.4, 0.5) is 11.5 Å². The van der Waals surface area contributed by atoms with E-state index in [2.05, 4.69) is 65.3 Å². The number of methoxy groups -OCH3 is 2. The topological polar surface area (TPSA) is 76.7 Å². The van der Waals surface area contributed by atoms with E-state index in [1.54, 1.807) is 14.2 Å². The molecule has 3 N–H and O–H groups in total. The molecule has 10 heteroatoms. The number of rotatable bonds is 16. The molecule has 0 aliphatic heterocycles. The molecule has 0 aliphatic rings. The highest BCUT2D eigenvalue weighted by molar-refractivity contribution is 7.14. The Labute approximate surface area is 279 Å². The molecule has 0 saturated carbocycles. The monoisotopic (exact) mass is 664 g/mol. The van der Waals surface area contributed by atoms with Crippen LogP contribution in [0.2, 0.25) is 10.0 Å². The van der Waals surface area contributed by atoms with Gasteiger partial charge in [-0.15, -0.1) is 0 Å². The summed E-state index contributed by atoms with van der Waals surface area (Å²) in [6.45, 7) is 6.89. The second-order valence-corrected chi connectivity index (χ2v) is 12.2. The van der Waals surface area contributed by atoms with Crippen molar-refractivity contribution in [1.82, 2.24) is 15.0 Å². The lowest BCUT2D eigenvalue weighted by atomic mass is 9.96. The number of anilines is 2. The lowest BCUT2D eigenvalue weighted by Crippen LogP contribution is -2.18. The minimum atomic E-state index is 0.409. The van der Waals surface area contributed by atoms with Crippen LogP contribution < -0.4 is 20.7 Å². The first kappa shape index (κ1) is 33.2. The summed E-state index contributed by atoms with van der Waals surface area (Å²) in [7, 11) is 3.39. The van der Waals surface area contributed by atoms with Crippen LogP contribution in [0.25, 0.3) is 21.2 Å². The molecule has 0 atom stereocenters. The summed E-state index contributed by atoms with van der Waals surface area (Å²) in [5.74, 6) is 1.45. The van der Waals surface area contributed by atoms with Crippen molar-refractivity contribution < 1.29 is 14.2 Å². The van der Waals surface area contributed by atoms with E-state index < -0.39 is 0 Å². The van der Waals surface area contributed by atoms with Gasteiger partial charge in [0.05, 0.1) is 33.6 Å². The van der Waals surface area contributed by atoms with Gasteiger partial charge in [0, 0.05) is 51.3 Å². The van der Waals surface area contributed by atoms with Gasteiger partial charge in [-0.3, -0.25) is 0 Å². The van der Waals surface area contributed by atoms with E-state index in [-0.39, 0.29) is 0 Å². The van der Waals surface area contributed by atoms with Crippen molar-refractivity contribution in [2.75, 3.05) is 45.8 Å². The van der Waals surface area contributed by atoms with Crippen LogP contribution >= 0.6 is 34.7 Å². The fourth-order valence-electron chi connectivity index (χ4n) is 5.03. The Kier molecular flexibility index (Phi) is 12.1. The highest BCUT2D eigenvalue weighted by Crippen LogP contribution is 2.39. The van der Waals surface area contributed by atoms with E-state index in [1.807, 2.05) is 30.3 Å². The van der Waals surface area contributed by atoms with E-state index in [9.17, 15) is 0 Å². The van der Waals surface area contributed by atoms with Crippen molar-refractivity contribution in [3.05, 3.63) is 105 Å². The summed E-state index contributed by atoms with van der Waals surface area (Å²) in [5, 5.41) is 12.4. The first-order valence-electron chi connectivity index (χ1n) is 14.8. The Bertz CT molecular complexity index is 1730. The van der Waals surface area contributed by atoms with Gasteiger partial charge in [-0.25, -0.2) is 0 Å². The Hall–Kier alpha value is -3.21. The van der Waals surface area contributed by atoms with E-state index in [4.69, 9.17) is 41.8 Å². The first-order chi connectivity index (χ1) is 22.0. The van der Waals surface area contributed by atoms with Gasteiger partial charge in [0.1, 0.15) is 12.4 Å². The zero-order chi connectivity index (χ0) is 31.6. The summed E-state index contributed by atoms with van der Waals surface area (Å²) in [6, 6.07) is 24.6. The number of benzene rings is 4. The van der Waals surface area contributed by atoms with Gasteiger partial charge >= 0.3 is 0 Å². The number of halogens is 2. The SMILES string of the molecule is COCCNCc1ccc(Nc2nsc3c(-c4cccc(COc5ccc(CNCCOC)cc5Cl)c4C)cccc23)c(Cl)c1.